The maximum atomic E-state index is 13.1. The van der Waals surface area contributed by atoms with E-state index in [2.05, 4.69) is 13.2 Å². The largest absolute Gasteiger partial charge is 0.207 e. The Morgan fingerprint density at radius 3 is 2.33 bits per heavy atom. The Hall–Kier alpha value is -1.89. The van der Waals surface area contributed by atoms with Crippen LogP contribution in [-0.2, 0) is 0 Å². The van der Waals surface area contributed by atoms with Gasteiger partial charge >= 0.3 is 0 Å². The Morgan fingerprint density at radius 2 is 1.80 bits per heavy atom. The summed E-state index contributed by atoms with van der Waals surface area (Å²) in [5, 5.41) is 0. The second-order valence-corrected chi connectivity index (χ2v) is 2.96. The van der Waals surface area contributed by atoms with Crippen LogP contribution in [0.5, 0.6) is 0 Å². The fraction of sp³-hybridized carbons (Fsp3) is 0. The minimum Gasteiger partial charge on any atom is -0.207 e. The Balaban J connectivity index is 3.10. The highest BCUT2D eigenvalue weighted by Crippen LogP contribution is 2.18. The first-order valence-electron chi connectivity index (χ1n) is 4.65. The first-order valence-corrected chi connectivity index (χ1v) is 4.65. The van der Waals surface area contributed by atoms with Crippen LogP contribution in [0, 0.1) is 0 Å². The average Bonchev–Trinajstić information content (AvgIpc) is 2.29. The summed E-state index contributed by atoms with van der Waals surface area (Å²) in [6, 6.07) is 9.57. The van der Waals surface area contributed by atoms with Gasteiger partial charge < -0.3 is 0 Å². The molecule has 76 valence electrons. The molecule has 0 heterocycles. The lowest BCUT2D eigenvalue weighted by Gasteiger charge is -2.01. The molecule has 1 aromatic carbocycles. The van der Waals surface area contributed by atoms with Crippen LogP contribution in [0.15, 0.2) is 73.6 Å². The number of hydrogen-bond acceptors (Lipinski definition) is 0. The van der Waals surface area contributed by atoms with E-state index in [0.717, 1.165) is 11.1 Å². The molecular weight excluding hydrogens is 187 g/mol. The molecule has 0 saturated heterocycles. The fourth-order valence-electron chi connectivity index (χ4n) is 1.19. The van der Waals surface area contributed by atoms with Crippen molar-refractivity contribution in [1.82, 2.24) is 0 Å². The Kier molecular flexibility index (Phi) is 4.30. The molecule has 15 heavy (non-hydrogen) atoms. The highest BCUT2D eigenvalue weighted by molar-refractivity contribution is 5.75. The van der Waals surface area contributed by atoms with Gasteiger partial charge in [-0.3, -0.25) is 0 Å². The van der Waals surface area contributed by atoms with Crippen LogP contribution in [0.3, 0.4) is 0 Å². The van der Waals surface area contributed by atoms with E-state index in [9.17, 15) is 4.39 Å². The molecule has 1 rings (SSSR count). The van der Waals surface area contributed by atoms with Crippen LogP contribution >= 0.6 is 0 Å². The van der Waals surface area contributed by atoms with Crippen LogP contribution in [0.4, 0.5) is 4.39 Å². The minimum atomic E-state index is -0.355. The zero-order valence-corrected chi connectivity index (χ0v) is 8.49. The van der Waals surface area contributed by atoms with Gasteiger partial charge in [0.2, 0.25) is 0 Å². The molecule has 0 saturated carbocycles. The smallest absolute Gasteiger partial charge is 0.123 e. The van der Waals surface area contributed by atoms with E-state index in [-0.39, 0.29) is 5.83 Å². The molecule has 1 heteroatoms. The lowest BCUT2D eigenvalue weighted by Crippen LogP contribution is -1.80. The standard InChI is InChI=1S/C14H13F/c1-3-8-13(11-14(15)4-2)12-9-6-5-7-10-12/h3-11H,1-2H2/b13-8+,14-11+. The van der Waals surface area contributed by atoms with Crippen molar-refractivity contribution in [2.24, 2.45) is 0 Å². The quantitative estimate of drug-likeness (QED) is 0.636. The van der Waals surface area contributed by atoms with E-state index in [1.807, 2.05) is 30.3 Å². The molecule has 0 aliphatic heterocycles. The first-order chi connectivity index (χ1) is 7.27. The van der Waals surface area contributed by atoms with Crippen molar-refractivity contribution < 1.29 is 4.39 Å². The number of rotatable bonds is 4. The predicted octanol–water partition coefficient (Wildman–Crippen LogP) is 4.30. The summed E-state index contributed by atoms with van der Waals surface area (Å²) in [4.78, 5) is 0. The zero-order valence-electron chi connectivity index (χ0n) is 8.49. The summed E-state index contributed by atoms with van der Waals surface area (Å²) in [6.07, 6.45) is 6.01. The molecule has 0 radical (unpaired) electrons. The van der Waals surface area contributed by atoms with Crippen molar-refractivity contribution in [3.63, 3.8) is 0 Å². The summed E-state index contributed by atoms with van der Waals surface area (Å²) < 4.78 is 13.1. The molecule has 0 bridgehead atoms. The third-order valence-corrected chi connectivity index (χ3v) is 1.89. The summed E-state index contributed by atoms with van der Waals surface area (Å²) in [6.45, 7) is 6.98. The van der Waals surface area contributed by atoms with E-state index >= 15 is 0 Å². The molecule has 0 N–H and O–H groups in total. The number of benzene rings is 1. The number of hydrogen-bond donors (Lipinski definition) is 0. The molecule has 0 aromatic heterocycles. The van der Waals surface area contributed by atoms with Crippen LogP contribution in [0.2, 0.25) is 0 Å². The van der Waals surface area contributed by atoms with Gasteiger partial charge in [-0.2, -0.15) is 0 Å². The van der Waals surface area contributed by atoms with Crippen LogP contribution < -0.4 is 0 Å². The molecule has 1 aromatic rings. The van der Waals surface area contributed by atoms with Gasteiger partial charge in [-0.1, -0.05) is 55.6 Å². The average molecular weight is 200 g/mol. The molecule has 0 atom stereocenters. The van der Waals surface area contributed by atoms with E-state index in [1.54, 1.807) is 12.2 Å². The second kappa shape index (κ2) is 5.76. The maximum Gasteiger partial charge on any atom is 0.123 e. The van der Waals surface area contributed by atoms with Gasteiger partial charge in [0.1, 0.15) is 5.83 Å². The summed E-state index contributed by atoms with van der Waals surface area (Å²) in [5.41, 5.74) is 1.73. The molecular formula is C14H13F. The zero-order chi connectivity index (χ0) is 11.1. The van der Waals surface area contributed by atoms with Gasteiger partial charge in [-0.25, -0.2) is 4.39 Å². The van der Waals surface area contributed by atoms with Gasteiger partial charge in [-0.05, 0) is 23.3 Å². The summed E-state index contributed by atoms with van der Waals surface area (Å²) >= 11 is 0. The van der Waals surface area contributed by atoms with E-state index in [4.69, 9.17) is 0 Å². The maximum absolute atomic E-state index is 13.1. The monoisotopic (exact) mass is 200 g/mol. The topological polar surface area (TPSA) is 0 Å². The van der Waals surface area contributed by atoms with E-state index < -0.39 is 0 Å². The first kappa shape index (κ1) is 11.2. The predicted molar refractivity (Wildman–Crippen MR) is 64.0 cm³/mol. The highest BCUT2D eigenvalue weighted by atomic mass is 19.1. The molecule has 0 spiro atoms. The minimum absolute atomic E-state index is 0.355. The molecule has 0 amide bonds. The van der Waals surface area contributed by atoms with Crippen molar-refractivity contribution in [3.05, 3.63) is 79.2 Å². The lowest BCUT2D eigenvalue weighted by atomic mass is 10.0. The van der Waals surface area contributed by atoms with Gasteiger partial charge in [0.15, 0.2) is 0 Å². The molecule has 0 unspecified atom stereocenters. The normalized spacial score (nSPS) is 12.3. The van der Waals surface area contributed by atoms with Gasteiger partial charge in [0.25, 0.3) is 0 Å². The van der Waals surface area contributed by atoms with Gasteiger partial charge in [0, 0.05) is 0 Å². The number of allylic oxidation sites excluding steroid dienone is 6. The van der Waals surface area contributed by atoms with Crippen LogP contribution in [0.25, 0.3) is 5.57 Å². The molecule has 0 nitrogen and oxygen atoms in total. The summed E-state index contributed by atoms with van der Waals surface area (Å²) in [5.74, 6) is -0.355. The van der Waals surface area contributed by atoms with Crippen LogP contribution in [-0.4, -0.2) is 0 Å². The van der Waals surface area contributed by atoms with E-state index in [1.165, 1.54) is 12.2 Å². The van der Waals surface area contributed by atoms with Crippen molar-refractivity contribution in [2.75, 3.05) is 0 Å². The third kappa shape index (κ3) is 3.39. The molecule has 0 aliphatic rings. The van der Waals surface area contributed by atoms with Gasteiger partial charge in [0.05, 0.1) is 0 Å². The Bertz CT molecular complexity index is 397. The second-order valence-electron chi connectivity index (χ2n) is 2.96. The summed E-state index contributed by atoms with van der Waals surface area (Å²) in [7, 11) is 0. The van der Waals surface area contributed by atoms with Gasteiger partial charge in [-0.15, -0.1) is 0 Å². The Labute approximate surface area is 89.8 Å². The fourth-order valence-corrected chi connectivity index (χ4v) is 1.19. The van der Waals surface area contributed by atoms with Crippen molar-refractivity contribution in [1.29, 1.82) is 0 Å². The van der Waals surface area contributed by atoms with Crippen LogP contribution in [0.1, 0.15) is 5.56 Å². The third-order valence-electron chi connectivity index (χ3n) is 1.89. The van der Waals surface area contributed by atoms with Crippen molar-refractivity contribution in [2.45, 2.75) is 0 Å². The van der Waals surface area contributed by atoms with E-state index in [0.29, 0.717) is 0 Å². The van der Waals surface area contributed by atoms with Crippen molar-refractivity contribution in [3.8, 4) is 0 Å². The Morgan fingerprint density at radius 1 is 1.13 bits per heavy atom. The number of halogens is 1. The highest BCUT2D eigenvalue weighted by Gasteiger charge is 1.97. The molecule has 0 aliphatic carbocycles. The lowest BCUT2D eigenvalue weighted by molar-refractivity contribution is 0.668. The molecule has 0 fully saturated rings. The van der Waals surface area contributed by atoms with Crippen molar-refractivity contribution >= 4 is 5.57 Å². The SMILES string of the molecule is C=C/C=C(\C=C(\F)C=C)c1ccccc1.